The summed E-state index contributed by atoms with van der Waals surface area (Å²) in [7, 11) is 0. The van der Waals surface area contributed by atoms with Crippen molar-refractivity contribution in [3.05, 3.63) is 23.2 Å². The Morgan fingerprint density at radius 3 is 2.86 bits per heavy atom. The van der Waals surface area contributed by atoms with Gasteiger partial charge in [-0.25, -0.2) is 4.79 Å². The van der Waals surface area contributed by atoms with E-state index >= 15 is 0 Å². The molecule has 120 valence electrons. The van der Waals surface area contributed by atoms with Gasteiger partial charge in [-0.2, -0.15) is 0 Å². The highest BCUT2D eigenvalue weighted by Gasteiger charge is 2.39. The number of hydrogen-bond donors (Lipinski definition) is 2. The Labute approximate surface area is 130 Å². The summed E-state index contributed by atoms with van der Waals surface area (Å²) in [5.74, 6) is 1.26. The van der Waals surface area contributed by atoms with E-state index in [-0.39, 0.29) is 17.5 Å². The zero-order valence-electron chi connectivity index (χ0n) is 13.2. The van der Waals surface area contributed by atoms with Crippen molar-refractivity contribution in [2.45, 2.75) is 45.1 Å². The minimum absolute atomic E-state index is 0.0443. The predicted octanol–water partition coefficient (Wildman–Crippen LogP) is 1.83. The van der Waals surface area contributed by atoms with Gasteiger partial charge in [0.05, 0.1) is 5.54 Å². The molecule has 2 aliphatic heterocycles. The number of urea groups is 1. The van der Waals surface area contributed by atoms with Crippen molar-refractivity contribution in [3.63, 3.8) is 0 Å². The Hall–Kier alpha value is -1.98. The molecule has 0 radical (unpaired) electrons. The van der Waals surface area contributed by atoms with Gasteiger partial charge in [0.25, 0.3) is 5.91 Å². The van der Waals surface area contributed by atoms with Crippen LogP contribution in [0.15, 0.2) is 10.5 Å². The summed E-state index contributed by atoms with van der Waals surface area (Å²) in [6.45, 7) is 5.98. The zero-order valence-corrected chi connectivity index (χ0v) is 13.2. The van der Waals surface area contributed by atoms with E-state index in [1.807, 2.05) is 24.8 Å². The van der Waals surface area contributed by atoms with Crippen LogP contribution in [-0.2, 0) is 6.42 Å². The average molecular weight is 305 g/mol. The maximum atomic E-state index is 12.6. The Morgan fingerprint density at radius 1 is 1.41 bits per heavy atom. The summed E-state index contributed by atoms with van der Waals surface area (Å²) < 4.78 is 5.68. The van der Waals surface area contributed by atoms with Gasteiger partial charge in [0.15, 0.2) is 5.76 Å². The van der Waals surface area contributed by atoms with E-state index < -0.39 is 0 Å². The summed E-state index contributed by atoms with van der Waals surface area (Å²) in [5.41, 5.74) is 0.837. The molecule has 1 atom stereocenters. The number of nitrogens with one attached hydrogen (secondary N) is 2. The van der Waals surface area contributed by atoms with Crippen molar-refractivity contribution in [3.8, 4) is 0 Å². The lowest BCUT2D eigenvalue weighted by Gasteiger charge is -2.26. The Morgan fingerprint density at radius 2 is 2.23 bits per heavy atom. The number of rotatable bonds is 2. The molecule has 6 heteroatoms. The number of likely N-dealkylation sites (tertiary alicyclic amines) is 1. The van der Waals surface area contributed by atoms with Gasteiger partial charge in [0, 0.05) is 26.1 Å². The average Bonchev–Trinajstić information content (AvgIpc) is 2.97. The fourth-order valence-corrected chi connectivity index (χ4v) is 3.41. The minimum atomic E-state index is -0.195. The monoisotopic (exact) mass is 305 g/mol. The van der Waals surface area contributed by atoms with Gasteiger partial charge in [-0.15, -0.1) is 0 Å². The molecule has 0 aromatic carbocycles. The summed E-state index contributed by atoms with van der Waals surface area (Å²) >= 11 is 0. The van der Waals surface area contributed by atoms with E-state index in [1.54, 1.807) is 0 Å². The quantitative estimate of drug-likeness (QED) is 0.875. The maximum Gasteiger partial charge on any atom is 0.315 e. The summed E-state index contributed by atoms with van der Waals surface area (Å²) in [4.78, 5) is 25.9. The number of furan rings is 1. The number of carbonyl (C=O) groups is 2. The molecule has 2 N–H and O–H groups in total. The van der Waals surface area contributed by atoms with Crippen LogP contribution in [0.4, 0.5) is 4.79 Å². The summed E-state index contributed by atoms with van der Waals surface area (Å²) in [6.07, 6.45) is 3.35. The van der Waals surface area contributed by atoms with Gasteiger partial charge in [0.2, 0.25) is 0 Å². The predicted molar refractivity (Wildman–Crippen MR) is 81.8 cm³/mol. The van der Waals surface area contributed by atoms with Gasteiger partial charge >= 0.3 is 6.03 Å². The molecule has 2 saturated heterocycles. The molecule has 3 amide bonds. The van der Waals surface area contributed by atoms with Crippen molar-refractivity contribution >= 4 is 11.9 Å². The fraction of sp³-hybridized carbons (Fsp3) is 0.625. The van der Waals surface area contributed by atoms with Gasteiger partial charge < -0.3 is 20.0 Å². The number of aryl methyl sites for hydroxylation is 2. The molecular weight excluding hydrogens is 282 g/mol. The van der Waals surface area contributed by atoms with Gasteiger partial charge in [-0.3, -0.25) is 4.79 Å². The SMILES string of the molecule is CCc1oc(C(=O)N2CCCC3(CC2)CNC(=O)N3)cc1C. The number of amides is 3. The van der Waals surface area contributed by atoms with Crippen LogP contribution in [-0.4, -0.2) is 42.0 Å². The lowest BCUT2D eigenvalue weighted by Crippen LogP contribution is -2.44. The molecule has 0 aliphatic carbocycles. The second kappa shape index (κ2) is 5.66. The molecule has 3 heterocycles. The Kier molecular flexibility index (Phi) is 3.85. The smallest absolute Gasteiger partial charge is 0.315 e. The molecule has 1 unspecified atom stereocenters. The molecule has 22 heavy (non-hydrogen) atoms. The first-order valence-electron chi connectivity index (χ1n) is 7.97. The molecule has 0 saturated carbocycles. The molecule has 2 aliphatic rings. The highest BCUT2D eigenvalue weighted by molar-refractivity contribution is 5.91. The van der Waals surface area contributed by atoms with Crippen LogP contribution in [0.2, 0.25) is 0 Å². The van der Waals surface area contributed by atoms with Crippen LogP contribution in [0.1, 0.15) is 48.1 Å². The summed E-state index contributed by atoms with van der Waals surface area (Å²) in [6, 6.07) is 1.73. The Balaban J connectivity index is 1.70. The summed E-state index contributed by atoms with van der Waals surface area (Å²) in [5, 5.41) is 5.85. The van der Waals surface area contributed by atoms with Gasteiger partial charge in [0.1, 0.15) is 5.76 Å². The highest BCUT2D eigenvalue weighted by Crippen LogP contribution is 2.26. The Bertz CT molecular complexity index is 595. The molecule has 3 rings (SSSR count). The van der Waals surface area contributed by atoms with Crippen LogP contribution in [0.3, 0.4) is 0 Å². The largest absolute Gasteiger partial charge is 0.456 e. The van der Waals surface area contributed by atoms with E-state index in [9.17, 15) is 9.59 Å². The van der Waals surface area contributed by atoms with E-state index in [1.165, 1.54) is 0 Å². The third kappa shape index (κ3) is 2.69. The number of nitrogens with zero attached hydrogens (tertiary/aromatic N) is 1. The van der Waals surface area contributed by atoms with E-state index in [0.717, 1.165) is 37.0 Å². The lowest BCUT2D eigenvalue weighted by atomic mass is 9.92. The van der Waals surface area contributed by atoms with Crippen molar-refractivity contribution < 1.29 is 14.0 Å². The normalized spacial score (nSPS) is 25.0. The molecule has 2 fully saturated rings. The van der Waals surface area contributed by atoms with E-state index in [4.69, 9.17) is 4.42 Å². The van der Waals surface area contributed by atoms with Crippen LogP contribution < -0.4 is 10.6 Å². The van der Waals surface area contributed by atoms with Crippen LogP contribution >= 0.6 is 0 Å². The van der Waals surface area contributed by atoms with Crippen molar-refractivity contribution in [1.29, 1.82) is 0 Å². The second-order valence-corrected chi connectivity index (χ2v) is 6.30. The molecular formula is C16H23N3O3. The van der Waals surface area contributed by atoms with Gasteiger partial charge in [-0.05, 0) is 37.8 Å². The topological polar surface area (TPSA) is 74.6 Å². The van der Waals surface area contributed by atoms with E-state index in [0.29, 0.717) is 25.4 Å². The first-order valence-corrected chi connectivity index (χ1v) is 7.97. The molecule has 6 nitrogen and oxygen atoms in total. The van der Waals surface area contributed by atoms with Crippen molar-refractivity contribution in [1.82, 2.24) is 15.5 Å². The zero-order chi connectivity index (χ0) is 15.7. The van der Waals surface area contributed by atoms with E-state index in [2.05, 4.69) is 10.6 Å². The lowest BCUT2D eigenvalue weighted by molar-refractivity contribution is 0.0725. The fourth-order valence-electron chi connectivity index (χ4n) is 3.41. The first-order chi connectivity index (χ1) is 10.5. The maximum absolute atomic E-state index is 12.6. The van der Waals surface area contributed by atoms with Crippen molar-refractivity contribution in [2.75, 3.05) is 19.6 Å². The van der Waals surface area contributed by atoms with Crippen LogP contribution in [0, 0.1) is 6.92 Å². The molecule has 1 aromatic heterocycles. The molecule has 1 spiro atoms. The van der Waals surface area contributed by atoms with Crippen LogP contribution in [0.25, 0.3) is 0 Å². The standard InChI is InChI=1S/C16H23N3O3/c1-3-12-11(2)9-13(22-12)14(20)19-7-4-5-16(6-8-19)10-17-15(21)18-16/h9H,3-8,10H2,1-2H3,(H2,17,18,21). The van der Waals surface area contributed by atoms with Gasteiger partial charge in [-0.1, -0.05) is 6.92 Å². The third-order valence-electron chi connectivity index (χ3n) is 4.75. The third-order valence-corrected chi connectivity index (χ3v) is 4.75. The van der Waals surface area contributed by atoms with Crippen molar-refractivity contribution in [2.24, 2.45) is 0 Å². The van der Waals surface area contributed by atoms with Crippen LogP contribution in [0.5, 0.6) is 0 Å². The first kappa shape index (κ1) is 14.9. The molecule has 1 aromatic rings. The highest BCUT2D eigenvalue weighted by atomic mass is 16.4. The molecule has 0 bridgehead atoms. The minimum Gasteiger partial charge on any atom is -0.456 e. The second-order valence-electron chi connectivity index (χ2n) is 6.30. The number of hydrogen-bond acceptors (Lipinski definition) is 3. The number of carbonyl (C=O) groups excluding carboxylic acids is 2.